The van der Waals surface area contributed by atoms with Crippen LogP contribution in [0.4, 0.5) is 0 Å². The average molecular weight is 305 g/mol. The molecule has 0 fully saturated rings. The Kier molecular flexibility index (Phi) is 9.68. The molecule has 78 valence electrons. The molecule has 0 heterocycles. The van der Waals surface area contributed by atoms with Crippen LogP contribution in [0.1, 0.15) is 0 Å². The maximum Gasteiger partial charge on any atom is 0.478 e. The van der Waals surface area contributed by atoms with Crippen LogP contribution in [0.25, 0.3) is 0 Å². The Morgan fingerprint density at radius 2 is 1.00 bits per heavy atom. The van der Waals surface area contributed by atoms with Gasteiger partial charge < -0.3 is 19.6 Å². The van der Waals surface area contributed by atoms with E-state index in [1.54, 1.807) is 0 Å². The summed E-state index contributed by atoms with van der Waals surface area (Å²) in [6.07, 6.45) is 0. The van der Waals surface area contributed by atoms with Gasteiger partial charge in [-0.25, -0.2) is 9.13 Å². The van der Waals surface area contributed by atoms with Crippen LogP contribution < -0.4 is 0 Å². The fourth-order valence-corrected chi connectivity index (χ4v) is 1.25. The molecule has 0 amide bonds. The molecule has 0 unspecified atom stereocenters. The van der Waals surface area contributed by atoms with Crippen molar-refractivity contribution in [1.82, 2.24) is 0 Å². The number of hydrogen-bond acceptors (Lipinski definition) is 3. The molecule has 7 nitrogen and oxygen atoms in total. The Morgan fingerprint density at radius 3 is 1.00 bits per heavy atom. The van der Waals surface area contributed by atoms with E-state index in [0.717, 1.165) is 0 Å². The second-order valence-electron chi connectivity index (χ2n) is 1.06. The molecule has 11 heavy (non-hydrogen) atoms. The normalized spacial score (nSPS) is 11.3. The third-order valence-corrected chi connectivity index (χ3v) is 1.91. The minimum absolute atomic E-state index is 0. The topological polar surface area (TPSA) is 124 Å². The number of phosphoric acid groups is 2. The van der Waals surface area contributed by atoms with Crippen LogP contribution in [-0.4, -0.2) is 19.6 Å². The van der Waals surface area contributed by atoms with Gasteiger partial charge in [0.2, 0.25) is 0 Å². The van der Waals surface area contributed by atoms with Gasteiger partial charge in [0.25, 0.3) is 0 Å². The molecule has 0 saturated carbocycles. The molecule has 4 N–H and O–H groups in total. The second-order valence-corrected chi connectivity index (χ2v) is 3.68. The van der Waals surface area contributed by atoms with Crippen molar-refractivity contribution in [2.24, 2.45) is 0 Å². The van der Waals surface area contributed by atoms with E-state index in [1.165, 1.54) is 0 Å². The van der Waals surface area contributed by atoms with Crippen molar-refractivity contribution < 1.29 is 67.2 Å². The molecule has 0 aromatic carbocycles. The molecule has 0 bridgehead atoms. The van der Waals surface area contributed by atoms with Gasteiger partial charge in [-0.05, 0) is 0 Å². The van der Waals surface area contributed by atoms with Gasteiger partial charge in [0.15, 0.2) is 0 Å². The van der Waals surface area contributed by atoms with Gasteiger partial charge >= 0.3 is 15.6 Å². The van der Waals surface area contributed by atoms with Crippen LogP contribution in [0.3, 0.4) is 0 Å². The predicted octanol–water partition coefficient (Wildman–Crippen LogP) is -0.817. The summed E-state index contributed by atoms with van der Waals surface area (Å²) in [7, 11) is -10.1. The quantitative estimate of drug-likeness (QED) is 0.388. The smallest absolute Gasteiger partial charge is 0.302 e. The molecule has 0 aliphatic carbocycles. The third-order valence-electron chi connectivity index (χ3n) is 0.213. The molecule has 0 aromatic rings. The van der Waals surface area contributed by atoms with Crippen LogP contribution in [-0.2, 0) is 47.6 Å². The summed E-state index contributed by atoms with van der Waals surface area (Å²) in [5.41, 5.74) is 0. The Bertz CT molecular complexity index is 155. The number of rotatable bonds is 2. The Balaban J connectivity index is -0.000000320. The van der Waals surface area contributed by atoms with Gasteiger partial charge in [-0.3, -0.25) is 0 Å². The minimum atomic E-state index is -5.05. The van der Waals surface area contributed by atoms with E-state index in [4.69, 9.17) is 19.6 Å². The van der Waals surface area contributed by atoms with E-state index in [1.807, 2.05) is 0 Å². The fourth-order valence-electron chi connectivity index (χ4n) is 0.139. The monoisotopic (exact) mass is 304 g/mol. The predicted molar refractivity (Wildman–Crippen MR) is 25.2 cm³/mol. The van der Waals surface area contributed by atoms with E-state index in [9.17, 15) is 9.13 Å². The van der Waals surface area contributed by atoms with Crippen LogP contribution in [0.15, 0.2) is 0 Å². The summed E-state index contributed by atoms with van der Waals surface area (Å²) >= 11 is 0. The van der Waals surface area contributed by atoms with Crippen LogP contribution in [0.2, 0.25) is 0 Å². The summed E-state index contributed by atoms with van der Waals surface area (Å²) in [4.78, 5) is 31.0. The Morgan fingerprint density at radius 1 is 0.818 bits per heavy atom. The van der Waals surface area contributed by atoms with Crippen LogP contribution in [0, 0.1) is 0 Å². The van der Waals surface area contributed by atoms with E-state index >= 15 is 0 Å². The molecule has 0 rings (SSSR count). The average Bonchev–Trinajstić information content (AvgIpc) is 1.14. The van der Waals surface area contributed by atoms with Gasteiger partial charge in [0.1, 0.15) is 0 Å². The van der Waals surface area contributed by atoms with Crippen molar-refractivity contribution in [2.75, 3.05) is 0 Å². The summed E-state index contributed by atoms with van der Waals surface area (Å²) in [5, 5.41) is 0. The van der Waals surface area contributed by atoms with E-state index in [-0.39, 0.29) is 34.1 Å². The summed E-state index contributed by atoms with van der Waals surface area (Å²) in [6.45, 7) is 0. The van der Waals surface area contributed by atoms with Gasteiger partial charge in [-0.1, -0.05) is 0 Å². The van der Waals surface area contributed by atoms with Crippen molar-refractivity contribution in [3.63, 3.8) is 0 Å². The number of hydrogen-bond donors (Lipinski definition) is 4. The zero-order valence-corrected chi connectivity index (χ0v) is 8.18. The molecule has 0 aromatic heterocycles. The second kappa shape index (κ2) is 5.86. The first-order chi connectivity index (χ1) is 3.71. The first-order valence-electron chi connectivity index (χ1n) is 1.53. The molecule has 0 aliphatic heterocycles. The Hall–Kier alpha value is 1.30. The molecular formula is H4Cu2O7P2. The summed E-state index contributed by atoms with van der Waals surface area (Å²) in [5.74, 6) is 0. The van der Waals surface area contributed by atoms with Crippen LogP contribution >= 0.6 is 15.6 Å². The van der Waals surface area contributed by atoms with E-state index < -0.39 is 15.6 Å². The first kappa shape index (κ1) is 18.2. The maximum absolute atomic E-state index is 9.63. The van der Waals surface area contributed by atoms with Crippen molar-refractivity contribution in [2.45, 2.75) is 0 Å². The van der Waals surface area contributed by atoms with E-state index in [0.29, 0.717) is 0 Å². The standard InChI is InChI=1S/2Cu.H4O7P2/c;;1-8(2,3)7-9(4,5)6/h;;(H2,1,2,3)(H2,4,5,6). The van der Waals surface area contributed by atoms with Gasteiger partial charge in [0.05, 0.1) is 0 Å². The molecule has 0 aliphatic rings. The SMILES string of the molecule is O=P(O)(O)OP(=O)(O)O.[Cu].[Cu]. The van der Waals surface area contributed by atoms with Gasteiger partial charge in [0, 0.05) is 34.1 Å². The van der Waals surface area contributed by atoms with E-state index in [2.05, 4.69) is 4.31 Å². The zero-order valence-electron chi connectivity index (χ0n) is 4.51. The summed E-state index contributed by atoms with van der Waals surface area (Å²) < 4.78 is 22.2. The van der Waals surface area contributed by atoms with Crippen molar-refractivity contribution in [1.29, 1.82) is 0 Å². The van der Waals surface area contributed by atoms with Gasteiger partial charge in [-0.15, -0.1) is 0 Å². The molecule has 11 heteroatoms. The maximum atomic E-state index is 9.63. The van der Waals surface area contributed by atoms with Crippen molar-refractivity contribution >= 4 is 15.6 Å². The Labute approximate surface area is 83.0 Å². The fraction of sp³-hybridized carbons (Fsp3) is 0. The molecule has 2 radical (unpaired) electrons. The largest absolute Gasteiger partial charge is 0.478 e. The van der Waals surface area contributed by atoms with Crippen LogP contribution in [0.5, 0.6) is 0 Å². The third kappa shape index (κ3) is 18.3. The molecule has 0 atom stereocenters. The zero-order chi connectivity index (χ0) is 7.71. The first-order valence-corrected chi connectivity index (χ1v) is 4.59. The van der Waals surface area contributed by atoms with Crippen molar-refractivity contribution in [3.05, 3.63) is 0 Å². The molecular weight excluding hydrogens is 301 g/mol. The minimum Gasteiger partial charge on any atom is -0.302 e. The van der Waals surface area contributed by atoms with Gasteiger partial charge in [-0.2, -0.15) is 4.31 Å². The molecule has 0 spiro atoms. The molecule has 0 saturated heterocycles. The van der Waals surface area contributed by atoms with Crippen molar-refractivity contribution in [3.8, 4) is 0 Å². The summed E-state index contributed by atoms with van der Waals surface area (Å²) in [6, 6.07) is 0.